The summed E-state index contributed by atoms with van der Waals surface area (Å²) in [7, 11) is -1.64. The number of aromatic nitrogens is 1. The predicted molar refractivity (Wildman–Crippen MR) is 97.5 cm³/mol. The fraction of sp³-hybridized carbons (Fsp3) is 0.375. The third-order valence-corrected chi connectivity index (χ3v) is 4.18. The lowest BCUT2D eigenvalue weighted by Crippen LogP contribution is -2.48. The van der Waals surface area contributed by atoms with E-state index < -0.39 is 19.0 Å². The Morgan fingerprint density at radius 1 is 1.33 bits per heavy atom. The van der Waals surface area contributed by atoms with E-state index in [1.807, 2.05) is 26.0 Å². The number of nitrogens with zero attached hydrogens (tertiary/aromatic N) is 1. The van der Waals surface area contributed by atoms with E-state index in [9.17, 15) is 19.6 Å². The third-order valence-electron chi connectivity index (χ3n) is 3.69. The summed E-state index contributed by atoms with van der Waals surface area (Å²) in [5, 5.41) is 22.6. The summed E-state index contributed by atoms with van der Waals surface area (Å²) in [6, 6.07) is 7.15. The Bertz CT molecular complexity index is 791. The van der Waals surface area contributed by atoms with Crippen molar-refractivity contribution in [2.45, 2.75) is 32.8 Å². The fourth-order valence-electron chi connectivity index (χ4n) is 2.55. The van der Waals surface area contributed by atoms with Crippen molar-refractivity contribution in [1.82, 2.24) is 9.88 Å². The second kappa shape index (κ2) is 7.96. The van der Waals surface area contributed by atoms with Crippen LogP contribution in [0, 0.1) is 5.92 Å². The van der Waals surface area contributed by atoms with Crippen LogP contribution in [0.25, 0.3) is 10.8 Å². The maximum Gasteiger partial charge on any atom is 0.475 e. The van der Waals surface area contributed by atoms with Crippen LogP contribution < -0.4 is 10.9 Å². The first kappa shape index (κ1) is 18.7. The summed E-state index contributed by atoms with van der Waals surface area (Å²) in [4.78, 5) is 24.6. The van der Waals surface area contributed by atoms with Gasteiger partial charge in [-0.05, 0) is 35.9 Å². The highest BCUT2D eigenvalue weighted by molar-refractivity contribution is 9.10. The van der Waals surface area contributed by atoms with Crippen LogP contribution in [0.3, 0.4) is 0 Å². The fourth-order valence-corrected chi connectivity index (χ4v) is 2.91. The summed E-state index contributed by atoms with van der Waals surface area (Å²) in [6.07, 6.45) is 1.99. The van der Waals surface area contributed by atoms with Crippen LogP contribution >= 0.6 is 15.9 Å². The van der Waals surface area contributed by atoms with Crippen molar-refractivity contribution in [3.05, 3.63) is 45.3 Å². The summed E-state index contributed by atoms with van der Waals surface area (Å²) in [6.45, 7) is 3.67. The quantitative estimate of drug-likeness (QED) is 0.644. The first-order chi connectivity index (χ1) is 11.3. The number of carbonyl (C=O) groups is 1. The van der Waals surface area contributed by atoms with Gasteiger partial charge in [0.2, 0.25) is 5.91 Å². The largest absolute Gasteiger partial charge is 0.475 e. The Kier molecular flexibility index (Phi) is 6.20. The summed E-state index contributed by atoms with van der Waals surface area (Å²) in [5.41, 5.74) is -0.270. The molecule has 0 aliphatic rings. The maximum atomic E-state index is 12.5. The van der Waals surface area contributed by atoms with Crippen LogP contribution in [0.2, 0.25) is 0 Å². The van der Waals surface area contributed by atoms with Crippen LogP contribution in [0.5, 0.6) is 0 Å². The van der Waals surface area contributed by atoms with Gasteiger partial charge >= 0.3 is 7.12 Å². The zero-order chi connectivity index (χ0) is 17.9. The molecule has 0 aliphatic heterocycles. The molecule has 2 rings (SSSR count). The zero-order valence-electron chi connectivity index (χ0n) is 13.6. The number of rotatable bonds is 6. The van der Waals surface area contributed by atoms with Crippen molar-refractivity contribution in [1.29, 1.82) is 0 Å². The summed E-state index contributed by atoms with van der Waals surface area (Å²) in [5.74, 6) is -1.01. The van der Waals surface area contributed by atoms with Gasteiger partial charge in [0.05, 0.1) is 5.94 Å². The molecule has 1 aromatic heterocycles. The minimum atomic E-state index is -1.64. The molecule has 1 aromatic carbocycles. The lowest BCUT2D eigenvalue weighted by atomic mass is 9.75. The van der Waals surface area contributed by atoms with Crippen molar-refractivity contribution >= 4 is 39.7 Å². The van der Waals surface area contributed by atoms with E-state index in [0.717, 1.165) is 9.86 Å². The molecule has 3 N–H and O–H groups in total. The van der Waals surface area contributed by atoms with E-state index in [1.165, 1.54) is 4.57 Å². The van der Waals surface area contributed by atoms with Gasteiger partial charge < -0.3 is 19.9 Å². The molecule has 1 atom stereocenters. The van der Waals surface area contributed by atoms with Gasteiger partial charge in [-0.1, -0.05) is 35.8 Å². The average Bonchev–Trinajstić information content (AvgIpc) is 2.49. The standard InChI is InChI=1S/C16H20BBrN2O4/c1-10(2)7-14(17(23)24)19-15(21)9-20-6-5-11-3-4-12(18)8-13(11)16(20)22/h3-6,8,10,14,23-24H,7,9H2,1-2H3,(H,19,21)/t14-/m0/s1. The smallest absolute Gasteiger partial charge is 0.426 e. The van der Waals surface area contributed by atoms with Crippen molar-refractivity contribution in [2.24, 2.45) is 5.92 Å². The molecule has 6 nitrogen and oxygen atoms in total. The first-order valence-corrected chi connectivity index (χ1v) is 8.51. The molecule has 0 saturated carbocycles. The number of hydrogen-bond acceptors (Lipinski definition) is 4. The van der Waals surface area contributed by atoms with Gasteiger partial charge in [0.15, 0.2) is 0 Å². The predicted octanol–water partition coefficient (Wildman–Crippen LogP) is 1.31. The van der Waals surface area contributed by atoms with Gasteiger partial charge in [-0.2, -0.15) is 0 Å². The van der Waals surface area contributed by atoms with Crippen LogP contribution in [-0.2, 0) is 11.3 Å². The normalized spacial score (nSPS) is 12.4. The van der Waals surface area contributed by atoms with Crippen LogP contribution in [-0.4, -0.2) is 33.6 Å². The molecular formula is C16H20BBrN2O4. The van der Waals surface area contributed by atoms with E-state index in [4.69, 9.17) is 0 Å². The lowest BCUT2D eigenvalue weighted by Gasteiger charge is -2.20. The highest BCUT2D eigenvalue weighted by atomic mass is 79.9. The maximum absolute atomic E-state index is 12.5. The molecule has 0 spiro atoms. The van der Waals surface area contributed by atoms with Crippen molar-refractivity contribution < 1.29 is 14.8 Å². The number of benzene rings is 1. The molecule has 0 aliphatic carbocycles. The van der Waals surface area contributed by atoms with Crippen LogP contribution in [0.1, 0.15) is 20.3 Å². The number of pyridine rings is 1. The van der Waals surface area contributed by atoms with Gasteiger partial charge in [0.1, 0.15) is 6.54 Å². The molecule has 1 amide bonds. The molecule has 0 radical (unpaired) electrons. The second-order valence-corrected chi connectivity index (χ2v) is 7.11. The van der Waals surface area contributed by atoms with Gasteiger partial charge in [0.25, 0.3) is 5.56 Å². The lowest BCUT2D eigenvalue weighted by molar-refractivity contribution is -0.122. The number of halogens is 1. The van der Waals surface area contributed by atoms with Crippen LogP contribution in [0.15, 0.2) is 39.7 Å². The minimum absolute atomic E-state index is 0.178. The molecule has 2 aromatic rings. The monoisotopic (exact) mass is 394 g/mol. The van der Waals surface area contributed by atoms with Gasteiger partial charge in [0, 0.05) is 16.1 Å². The molecule has 0 saturated heterocycles. The number of fused-ring (bicyclic) bond motifs is 1. The van der Waals surface area contributed by atoms with Crippen molar-refractivity contribution in [2.75, 3.05) is 0 Å². The molecule has 0 bridgehead atoms. The zero-order valence-corrected chi connectivity index (χ0v) is 15.2. The number of carbonyl (C=O) groups excluding carboxylic acids is 1. The van der Waals surface area contributed by atoms with Gasteiger partial charge in [-0.25, -0.2) is 0 Å². The Labute approximate surface area is 148 Å². The molecule has 8 heteroatoms. The number of amides is 1. The number of hydrogen-bond donors (Lipinski definition) is 3. The van der Waals surface area contributed by atoms with Gasteiger partial charge in [-0.3, -0.25) is 9.59 Å². The molecule has 0 fully saturated rings. The van der Waals surface area contributed by atoms with E-state index >= 15 is 0 Å². The van der Waals surface area contributed by atoms with E-state index in [0.29, 0.717) is 11.8 Å². The molecule has 24 heavy (non-hydrogen) atoms. The Morgan fingerprint density at radius 2 is 2.04 bits per heavy atom. The molecule has 0 unspecified atom stereocenters. The van der Waals surface area contributed by atoms with Crippen molar-refractivity contribution in [3.8, 4) is 0 Å². The summed E-state index contributed by atoms with van der Waals surface area (Å²) >= 11 is 3.33. The Morgan fingerprint density at radius 3 is 2.67 bits per heavy atom. The average molecular weight is 395 g/mol. The second-order valence-electron chi connectivity index (χ2n) is 6.20. The Hall–Kier alpha value is -1.64. The van der Waals surface area contributed by atoms with Gasteiger partial charge in [-0.15, -0.1) is 0 Å². The molecular weight excluding hydrogens is 375 g/mol. The number of nitrogens with one attached hydrogen (secondary N) is 1. The van der Waals surface area contributed by atoms with E-state index in [1.54, 1.807) is 18.3 Å². The van der Waals surface area contributed by atoms with Crippen LogP contribution in [0.4, 0.5) is 0 Å². The first-order valence-electron chi connectivity index (χ1n) is 7.72. The third kappa shape index (κ3) is 4.69. The Balaban J connectivity index is 2.18. The van der Waals surface area contributed by atoms with E-state index in [2.05, 4.69) is 21.2 Å². The SMILES string of the molecule is CC(C)C[C@H](NC(=O)Cn1ccc2ccc(Br)cc2c1=O)B(O)O. The van der Waals surface area contributed by atoms with E-state index in [-0.39, 0.29) is 18.0 Å². The summed E-state index contributed by atoms with van der Waals surface area (Å²) < 4.78 is 2.09. The molecule has 1 heterocycles. The minimum Gasteiger partial charge on any atom is -0.426 e. The van der Waals surface area contributed by atoms with Crippen molar-refractivity contribution in [3.63, 3.8) is 0 Å². The highest BCUT2D eigenvalue weighted by Crippen LogP contribution is 2.16. The molecule has 128 valence electrons. The highest BCUT2D eigenvalue weighted by Gasteiger charge is 2.26. The topological polar surface area (TPSA) is 91.6 Å².